The van der Waals surface area contributed by atoms with E-state index in [9.17, 15) is 8.42 Å². The van der Waals surface area contributed by atoms with Gasteiger partial charge in [0.25, 0.3) is 0 Å². The van der Waals surface area contributed by atoms with Gasteiger partial charge in [0.2, 0.25) is 10.0 Å². The Balaban J connectivity index is 1.99. The number of fused-ring (bicyclic) bond motifs is 1. The number of hydrogen-bond donors (Lipinski definition) is 0. The predicted molar refractivity (Wildman–Crippen MR) is 92.3 cm³/mol. The molecule has 2 aromatic carbocycles. The van der Waals surface area contributed by atoms with Crippen LogP contribution >= 0.6 is 0 Å². The summed E-state index contributed by atoms with van der Waals surface area (Å²) >= 11 is 0. The fraction of sp³-hybridized carbons (Fsp3) is 0.333. The molecule has 1 aliphatic rings. The van der Waals surface area contributed by atoms with Crippen LogP contribution < -0.4 is 9.04 Å². The van der Waals surface area contributed by atoms with Gasteiger partial charge >= 0.3 is 0 Å². The maximum absolute atomic E-state index is 12.9. The highest BCUT2D eigenvalue weighted by molar-refractivity contribution is 7.92. The molecule has 0 radical (unpaired) electrons. The van der Waals surface area contributed by atoms with E-state index in [2.05, 4.69) is 6.92 Å². The van der Waals surface area contributed by atoms with Crippen molar-refractivity contribution in [1.82, 2.24) is 0 Å². The van der Waals surface area contributed by atoms with Gasteiger partial charge in [0.05, 0.1) is 18.6 Å². The summed E-state index contributed by atoms with van der Waals surface area (Å²) < 4.78 is 32.7. The molecule has 0 bridgehead atoms. The van der Waals surface area contributed by atoms with Crippen LogP contribution in [0.25, 0.3) is 0 Å². The van der Waals surface area contributed by atoms with E-state index in [4.69, 9.17) is 4.74 Å². The van der Waals surface area contributed by atoms with E-state index in [0.717, 1.165) is 23.2 Å². The molecule has 122 valence electrons. The first-order valence-electron chi connectivity index (χ1n) is 7.71. The van der Waals surface area contributed by atoms with Crippen molar-refractivity contribution in [3.05, 3.63) is 59.7 Å². The third-order valence-electron chi connectivity index (χ3n) is 4.13. The third kappa shape index (κ3) is 3.34. The van der Waals surface area contributed by atoms with Crippen molar-refractivity contribution in [1.29, 1.82) is 0 Å². The largest absolute Gasteiger partial charge is 0.497 e. The van der Waals surface area contributed by atoms with E-state index in [1.807, 2.05) is 48.5 Å². The lowest BCUT2D eigenvalue weighted by molar-refractivity contribution is 0.414. The molecule has 0 aliphatic carbocycles. The summed E-state index contributed by atoms with van der Waals surface area (Å²) in [7, 11) is -1.84. The molecular formula is C18H21NO3S. The molecule has 5 heteroatoms. The molecule has 2 aromatic rings. The van der Waals surface area contributed by atoms with Crippen LogP contribution in [0.1, 0.15) is 18.1 Å². The Hall–Kier alpha value is -2.01. The summed E-state index contributed by atoms with van der Waals surface area (Å²) in [5, 5.41) is 0. The molecular weight excluding hydrogens is 310 g/mol. The first-order chi connectivity index (χ1) is 11.0. The number of benzene rings is 2. The minimum atomic E-state index is -3.43. The van der Waals surface area contributed by atoms with Gasteiger partial charge in [-0.3, -0.25) is 4.31 Å². The smallest absolute Gasteiger partial charge is 0.239 e. The third-order valence-corrected chi connectivity index (χ3v) is 5.85. The zero-order valence-electron chi connectivity index (χ0n) is 13.4. The van der Waals surface area contributed by atoms with Crippen LogP contribution in [0.2, 0.25) is 0 Å². The fourth-order valence-electron chi connectivity index (χ4n) is 3.02. The van der Waals surface area contributed by atoms with Crippen LogP contribution in [0.3, 0.4) is 0 Å². The molecule has 1 heterocycles. The lowest BCUT2D eigenvalue weighted by Gasteiger charge is -2.34. The first kappa shape index (κ1) is 15.9. The Morgan fingerprint density at radius 1 is 1.17 bits per heavy atom. The fourth-order valence-corrected chi connectivity index (χ4v) is 4.74. The van der Waals surface area contributed by atoms with Crippen LogP contribution in [-0.4, -0.2) is 22.1 Å². The normalized spacial score (nSPS) is 17.7. The molecule has 4 nitrogen and oxygen atoms in total. The van der Waals surface area contributed by atoms with Gasteiger partial charge in [-0.1, -0.05) is 43.3 Å². The summed E-state index contributed by atoms with van der Waals surface area (Å²) in [4.78, 5) is 0. The minimum Gasteiger partial charge on any atom is -0.497 e. The highest BCUT2D eigenvalue weighted by Crippen LogP contribution is 2.35. The zero-order valence-corrected chi connectivity index (χ0v) is 14.2. The van der Waals surface area contributed by atoms with Crippen molar-refractivity contribution in [2.75, 3.05) is 18.0 Å². The lowest BCUT2D eigenvalue weighted by Crippen LogP contribution is -2.39. The molecule has 23 heavy (non-hydrogen) atoms. The Labute approximate surface area is 137 Å². The van der Waals surface area contributed by atoms with E-state index in [-0.39, 0.29) is 5.75 Å². The number of rotatable bonds is 4. The summed E-state index contributed by atoms with van der Waals surface area (Å²) in [6, 6.07) is 15.0. The quantitative estimate of drug-likeness (QED) is 0.864. The van der Waals surface area contributed by atoms with Crippen LogP contribution in [0.4, 0.5) is 5.69 Å². The van der Waals surface area contributed by atoms with Gasteiger partial charge in [0.1, 0.15) is 5.75 Å². The molecule has 3 rings (SSSR count). The van der Waals surface area contributed by atoms with E-state index >= 15 is 0 Å². The van der Waals surface area contributed by atoms with Crippen LogP contribution in [0.15, 0.2) is 48.5 Å². The predicted octanol–water partition coefficient (Wildman–Crippen LogP) is 3.22. The minimum absolute atomic E-state index is 0.0111. The number of anilines is 1. The van der Waals surface area contributed by atoms with Crippen molar-refractivity contribution in [2.45, 2.75) is 19.1 Å². The number of methoxy groups -OCH3 is 1. The molecule has 0 saturated heterocycles. The van der Waals surface area contributed by atoms with Gasteiger partial charge < -0.3 is 4.74 Å². The number of ether oxygens (including phenoxy) is 1. The molecule has 0 saturated carbocycles. The van der Waals surface area contributed by atoms with Crippen LogP contribution in [0, 0.1) is 5.92 Å². The van der Waals surface area contributed by atoms with Crippen LogP contribution in [0.5, 0.6) is 5.75 Å². The van der Waals surface area contributed by atoms with Gasteiger partial charge in [-0.2, -0.15) is 0 Å². The Morgan fingerprint density at radius 3 is 2.61 bits per heavy atom. The summed E-state index contributed by atoms with van der Waals surface area (Å²) in [6.07, 6.45) is 0.886. The topological polar surface area (TPSA) is 46.6 Å². The van der Waals surface area contributed by atoms with E-state index < -0.39 is 10.0 Å². The second kappa shape index (κ2) is 6.24. The van der Waals surface area contributed by atoms with E-state index in [0.29, 0.717) is 18.2 Å². The molecule has 1 aliphatic heterocycles. The summed E-state index contributed by atoms with van der Waals surface area (Å²) in [5.41, 5.74) is 2.61. The second-order valence-corrected chi connectivity index (χ2v) is 7.97. The SMILES string of the molecule is COc1ccc2c(c1)N(S(=O)(=O)Cc1ccccc1)CC(C)C2. The van der Waals surface area contributed by atoms with Crippen molar-refractivity contribution in [3.63, 3.8) is 0 Å². The van der Waals surface area contributed by atoms with Crippen molar-refractivity contribution in [3.8, 4) is 5.75 Å². The van der Waals surface area contributed by atoms with Gasteiger partial charge in [-0.25, -0.2) is 8.42 Å². The van der Waals surface area contributed by atoms with Gasteiger partial charge in [0.15, 0.2) is 0 Å². The highest BCUT2D eigenvalue weighted by Gasteiger charge is 2.31. The summed E-state index contributed by atoms with van der Waals surface area (Å²) in [6.45, 7) is 2.59. The highest BCUT2D eigenvalue weighted by atomic mass is 32.2. The zero-order chi connectivity index (χ0) is 16.4. The molecule has 0 amide bonds. The average molecular weight is 331 g/mol. The molecule has 1 unspecified atom stereocenters. The van der Waals surface area contributed by atoms with Gasteiger partial charge in [-0.05, 0) is 29.5 Å². The standard InChI is InChI=1S/C18H21NO3S/c1-14-10-16-8-9-17(22-2)11-18(16)19(12-14)23(20,21)13-15-6-4-3-5-7-15/h3-9,11,14H,10,12-13H2,1-2H3. The maximum atomic E-state index is 12.9. The number of sulfonamides is 1. The second-order valence-electron chi connectivity index (χ2n) is 6.08. The molecule has 0 spiro atoms. The Bertz CT molecular complexity index is 787. The van der Waals surface area contributed by atoms with E-state index in [1.165, 1.54) is 0 Å². The van der Waals surface area contributed by atoms with Gasteiger partial charge in [-0.15, -0.1) is 0 Å². The van der Waals surface area contributed by atoms with Crippen LogP contribution in [-0.2, 0) is 22.2 Å². The Morgan fingerprint density at radius 2 is 1.91 bits per heavy atom. The maximum Gasteiger partial charge on any atom is 0.239 e. The molecule has 0 fully saturated rings. The first-order valence-corrected chi connectivity index (χ1v) is 9.32. The number of nitrogens with zero attached hydrogens (tertiary/aromatic N) is 1. The van der Waals surface area contributed by atoms with Crippen molar-refractivity contribution in [2.24, 2.45) is 5.92 Å². The Kier molecular flexibility index (Phi) is 4.31. The van der Waals surface area contributed by atoms with Crippen molar-refractivity contribution < 1.29 is 13.2 Å². The van der Waals surface area contributed by atoms with Crippen molar-refractivity contribution >= 4 is 15.7 Å². The molecule has 1 atom stereocenters. The van der Waals surface area contributed by atoms with E-state index in [1.54, 1.807) is 11.4 Å². The monoisotopic (exact) mass is 331 g/mol. The average Bonchev–Trinajstić information content (AvgIpc) is 2.54. The molecule has 0 N–H and O–H groups in total. The number of hydrogen-bond acceptors (Lipinski definition) is 3. The van der Waals surface area contributed by atoms with Gasteiger partial charge in [0, 0.05) is 12.6 Å². The lowest BCUT2D eigenvalue weighted by atomic mass is 9.95. The summed E-state index contributed by atoms with van der Waals surface area (Å²) in [5.74, 6) is 0.983. The molecule has 0 aromatic heterocycles.